The molecule has 4 aromatic carbocycles. The molecule has 0 aliphatic carbocycles. The molecular weight excluding hydrogens is 556 g/mol. The van der Waals surface area contributed by atoms with E-state index in [1.165, 1.54) is 10.0 Å². The number of hydrogen-bond acceptors (Lipinski definition) is 7. The molecule has 2 aliphatic rings. The Kier molecular flexibility index (Phi) is 8.75. The second-order valence-corrected chi connectivity index (χ2v) is 10.6. The van der Waals surface area contributed by atoms with Crippen molar-refractivity contribution in [2.75, 3.05) is 13.2 Å². The van der Waals surface area contributed by atoms with Gasteiger partial charge in [0.25, 0.3) is 0 Å². The summed E-state index contributed by atoms with van der Waals surface area (Å²) in [5, 5.41) is 22.8. The first-order chi connectivity index (χ1) is 21.6. The molecule has 0 fully saturated rings. The Morgan fingerprint density at radius 2 is 1.02 bits per heavy atom. The number of amides is 2. The maximum atomic E-state index is 11.8. The lowest BCUT2D eigenvalue weighted by atomic mass is 9.98. The molecule has 0 spiro atoms. The lowest BCUT2D eigenvalue weighted by Gasteiger charge is -2.18. The number of carbonyl (C=O) groups is 2. The topological polar surface area (TPSA) is 104 Å². The molecule has 222 valence electrons. The average Bonchev–Trinajstić information content (AvgIpc) is 3.72. The third-order valence-electron chi connectivity index (χ3n) is 7.73. The van der Waals surface area contributed by atoms with Crippen LogP contribution in [0.5, 0.6) is 11.5 Å². The second-order valence-electron chi connectivity index (χ2n) is 10.6. The first-order valence-electron chi connectivity index (χ1n) is 14.5. The van der Waals surface area contributed by atoms with Crippen LogP contribution in [0.4, 0.5) is 0 Å². The Hall–Kier alpha value is -5.28. The van der Waals surface area contributed by atoms with Gasteiger partial charge >= 0.3 is 0 Å². The summed E-state index contributed by atoms with van der Waals surface area (Å²) in [6, 6.07) is 34.1. The number of para-hydroxylation sites is 2. The van der Waals surface area contributed by atoms with E-state index in [0.29, 0.717) is 24.3 Å². The zero-order chi connectivity index (χ0) is 30.3. The van der Waals surface area contributed by atoms with Gasteiger partial charge in [-0.2, -0.15) is 10.2 Å². The molecule has 0 saturated heterocycles. The molecule has 0 bridgehead atoms. The van der Waals surface area contributed by atoms with Gasteiger partial charge in [0.05, 0.1) is 23.5 Å². The van der Waals surface area contributed by atoms with Crippen LogP contribution in [0, 0.1) is 0 Å². The normalized spacial score (nSPS) is 18.4. The summed E-state index contributed by atoms with van der Waals surface area (Å²) in [4.78, 5) is 23.6. The summed E-state index contributed by atoms with van der Waals surface area (Å²) in [6.07, 6.45) is 1.63. The largest absolute Gasteiger partial charge is 0.490 e. The van der Waals surface area contributed by atoms with Crippen LogP contribution in [0.25, 0.3) is 0 Å². The van der Waals surface area contributed by atoms with Gasteiger partial charge in [0.1, 0.15) is 30.8 Å². The van der Waals surface area contributed by atoms with E-state index in [2.05, 4.69) is 10.2 Å². The van der Waals surface area contributed by atoms with Gasteiger partial charge in [-0.15, -0.1) is 0 Å². The molecule has 4 aromatic rings. The fourth-order valence-corrected chi connectivity index (χ4v) is 5.55. The highest BCUT2D eigenvalue weighted by Crippen LogP contribution is 2.35. The van der Waals surface area contributed by atoms with Gasteiger partial charge in [-0.3, -0.25) is 9.59 Å². The van der Waals surface area contributed by atoms with Crippen LogP contribution >= 0.6 is 0 Å². The summed E-state index contributed by atoms with van der Waals surface area (Å²) in [7, 11) is 0. The van der Waals surface area contributed by atoms with Gasteiger partial charge in [0, 0.05) is 24.0 Å². The predicted octanol–water partition coefficient (Wildman–Crippen LogP) is 5.12. The number of carbonyl (C=O) groups excluding carboxylic acids is 2. The van der Waals surface area contributed by atoms with Crippen LogP contribution in [-0.4, -0.2) is 58.7 Å². The maximum absolute atomic E-state index is 11.8. The van der Waals surface area contributed by atoms with Crippen LogP contribution in [0.2, 0.25) is 0 Å². The number of rotatable bonds is 12. The van der Waals surface area contributed by atoms with Gasteiger partial charge in [0.15, 0.2) is 0 Å². The van der Waals surface area contributed by atoms with E-state index < -0.39 is 6.10 Å². The van der Waals surface area contributed by atoms with E-state index in [9.17, 15) is 14.7 Å². The zero-order valence-electron chi connectivity index (χ0n) is 24.0. The summed E-state index contributed by atoms with van der Waals surface area (Å²) < 4.78 is 12.1. The van der Waals surface area contributed by atoms with Crippen molar-refractivity contribution in [3.05, 3.63) is 131 Å². The van der Waals surface area contributed by atoms with E-state index in [1.807, 2.05) is 109 Å². The Balaban J connectivity index is 1.09. The Labute approximate surface area is 255 Å². The second kappa shape index (κ2) is 13.4. The lowest BCUT2D eigenvalue weighted by Crippen LogP contribution is -2.26. The lowest BCUT2D eigenvalue weighted by molar-refractivity contribution is -0.120. The molecule has 0 radical (unpaired) electrons. The number of ether oxygens (including phenoxy) is 2. The third kappa shape index (κ3) is 6.23. The number of aliphatic hydroxyl groups is 1. The van der Waals surface area contributed by atoms with E-state index in [0.717, 1.165) is 46.5 Å². The van der Waals surface area contributed by atoms with Gasteiger partial charge in [0.2, 0.25) is 12.8 Å². The molecular formula is C35H32N4O5. The Morgan fingerprint density at radius 1 is 0.636 bits per heavy atom. The molecule has 9 heteroatoms. The van der Waals surface area contributed by atoms with Crippen LogP contribution in [0.15, 0.2) is 119 Å². The molecule has 6 rings (SSSR count). The third-order valence-corrected chi connectivity index (χ3v) is 7.73. The number of hydrogen-bond donors (Lipinski definition) is 1. The van der Waals surface area contributed by atoms with Crippen molar-refractivity contribution >= 4 is 24.2 Å². The minimum Gasteiger partial charge on any atom is -0.490 e. The Bertz CT molecular complexity index is 1540. The van der Waals surface area contributed by atoms with Gasteiger partial charge in [-0.25, -0.2) is 10.0 Å². The summed E-state index contributed by atoms with van der Waals surface area (Å²) in [6.45, 7) is -0.0240. The number of nitrogens with zero attached hydrogens (tertiary/aromatic N) is 4. The standard InChI is InChI=1S/C35H32N4O5/c40-23-38-32(25-11-3-1-4-12-25)19-30(36-38)28-15-7-9-17-34(28)43-21-27(42)22-44-35-18-10-8-16-29(35)31-20-33(39(24-41)37-31)26-13-5-2-6-14-26/h1-18,23-24,27,32-33,42H,19-22H2. The molecule has 0 saturated carbocycles. The molecule has 9 nitrogen and oxygen atoms in total. The van der Waals surface area contributed by atoms with Crippen molar-refractivity contribution in [1.29, 1.82) is 0 Å². The minimum absolute atomic E-state index is 0.0120. The van der Waals surface area contributed by atoms with Gasteiger partial charge < -0.3 is 14.6 Å². The molecule has 0 aromatic heterocycles. The van der Waals surface area contributed by atoms with E-state index in [4.69, 9.17) is 9.47 Å². The highest BCUT2D eigenvalue weighted by atomic mass is 16.5. The molecule has 2 atom stereocenters. The summed E-state index contributed by atoms with van der Waals surface area (Å²) in [5.74, 6) is 1.12. The van der Waals surface area contributed by atoms with E-state index in [1.54, 1.807) is 0 Å². The smallest absolute Gasteiger partial charge is 0.230 e. The summed E-state index contributed by atoms with van der Waals surface area (Å²) >= 11 is 0. The monoisotopic (exact) mass is 588 g/mol. The quantitative estimate of drug-likeness (QED) is 0.232. The number of hydrazone groups is 2. The van der Waals surface area contributed by atoms with E-state index >= 15 is 0 Å². The van der Waals surface area contributed by atoms with Crippen LogP contribution < -0.4 is 9.47 Å². The average molecular weight is 589 g/mol. The van der Waals surface area contributed by atoms with Crippen LogP contribution in [-0.2, 0) is 9.59 Å². The van der Waals surface area contributed by atoms with Crippen molar-refractivity contribution in [2.45, 2.75) is 31.0 Å². The fourth-order valence-electron chi connectivity index (χ4n) is 5.55. The van der Waals surface area contributed by atoms with Crippen LogP contribution in [0.1, 0.15) is 47.2 Å². The number of benzene rings is 4. The molecule has 2 amide bonds. The fraction of sp³-hybridized carbons (Fsp3) is 0.200. The molecule has 2 heterocycles. The van der Waals surface area contributed by atoms with Crippen molar-refractivity contribution in [3.8, 4) is 11.5 Å². The van der Waals surface area contributed by atoms with Crippen molar-refractivity contribution in [2.24, 2.45) is 10.2 Å². The number of aliphatic hydroxyl groups excluding tert-OH is 1. The molecule has 1 N–H and O–H groups in total. The Morgan fingerprint density at radius 3 is 1.43 bits per heavy atom. The zero-order valence-corrected chi connectivity index (χ0v) is 24.0. The van der Waals surface area contributed by atoms with Crippen molar-refractivity contribution in [1.82, 2.24) is 10.0 Å². The first-order valence-corrected chi connectivity index (χ1v) is 14.5. The maximum Gasteiger partial charge on any atom is 0.230 e. The molecule has 2 aliphatic heterocycles. The van der Waals surface area contributed by atoms with Crippen molar-refractivity contribution < 1.29 is 24.2 Å². The predicted molar refractivity (Wildman–Crippen MR) is 166 cm³/mol. The minimum atomic E-state index is -0.931. The SMILES string of the molecule is O=CN1N=C(c2ccccc2OCC(O)COc2ccccc2C2=NN(C=O)C(c3ccccc3)C2)CC1c1ccccc1. The van der Waals surface area contributed by atoms with Gasteiger partial charge in [-0.05, 0) is 35.4 Å². The first kappa shape index (κ1) is 28.8. The molecule has 2 unspecified atom stereocenters. The van der Waals surface area contributed by atoms with E-state index in [-0.39, 0.29) is 25.3 Å². The van der Waals surface area contributed by atoms with Crippen molar-refractivity contribution in [3.63, 3.8) is 0 Å². The van der Waals surface area contributed by atoms with Crippen LogP contribution in [0.3, 0.4) is 0 Å². The highest BCUT2D eigenvalue weighted by Gasteiger charge is 2.31. The van der Waals surface area contributed by atoms with Gasteiger partial charge in [-0.1, -0.05) is 84.9 Å². The highest BCUT2D eigenvalue weighted by molar-refractivity contribution is 6.05. The molecule has 44 heavy (non-hydrogen) atoms. The summed E-state index contributed by atoms with van der Waals surface area (Å²) in [5.41, 5.74) is 5.00.